The third kappa shape index (κ3) is 10.1. The van der Waals surface area contributed by atoms with Crippen LogP contribution in [-0.4, -0.2) is 53.5 Å². The van der Waals surface area contributed by atoms with Gasteiger partial charge in [0.2, 0.25) is 0 Å². The van der Waals surface area contributed by atoms with Gasteiger partial charge in [0.25, 0.3) is 0 Å². The number of aryl methyl sites for hydroxylation is 3. The smallest absolute Gasteiger partial charge is 0.188 e. The molecule has 0 atom stereocenters. The fraction of sp³-hybridized carbons (Fsp3) is 0.0959. The Kier molecular flexibility index (Phi) is 12.6. The van der Waals surface area contributed by atoms with Crippen molar-refractivity contribution in [1.29, 1.82) is 0 Å². The molecule has 15 rings (SSSR count). The fourth-order valence-electron chi connectivity index (χ4n) is 11.7. The molecule has 15 aromatic rings. The summed E-state index contributed by atoms with van der Waals surface area (Å²) in [4.78, 5) is 9.22. The van der Waals surface area contributed by atoms with Crippen LogP contribution in [0.5, 0.6) is 0 Å². The number of imidazole rings is 2. The molecule has 0 unspecified atom stereocenters. The van der Waals surface area contributed by atoms with Crippen LogP contribution < -0.4 is 20.7 Å². The molecule has 422 valence electrons. The zero-order chi connectivity index (χ0) is 64.1. The first-order valence-electron chi connectivity index (χ1n) is 32.1. The maximum Gasteiger partial charge on any atom is 0.188 e. The minimum Gasteiger partial charge on any atom is -0.319 e. The number of para-hydroxylation sites is 7. The molecule has 0 bridgehead atoms. The van der Waals surface area contributed by atoms with Gasteiger partial charge < -0.3 is 9.13 Å². The van der Waals surface area contributed by atoms with Gasteiger partial charge in [-0.05, 0) is 96.3 Å². The van der Waals surface area contributed by atoms with Crippen LogP contribution in [0.15, 0.2) is 237 Å². The molecule has 0 aliphatic heterocycles. The third-order valence-corrected chi connectivity index (χ3v) is 22.7. The van der Waals surface area contributed by atoms with Gasteiger partial charge in [0.1, 0.15) is 17.3 Å². The molecule has 85 heavy (non-hydrogen) atoms. The van der Waals surface area contributed by atoms with E-state index in [1.165, 1.54) is 15.8 Å². The van der Waals surface area contributed by atoms with Crippen molar-refractivity contribution in [1.82, 2.24) is 37.4 Å². The molecule has 9 aromatic carbocycles. The first-order chi connectivity index (χ1) is 44.0. The van der Waals surface area contributed by atoms with E-state index in [1.54, 1.807) is 36.9 Å². The Hall–Kier alpha value is -8.37. The predicted octanol–water partition coefficient (Wildman–Crippen LogP) is 14.4. The van der Waals surface area contributed by atoms with E-state index in [2.05, 4.69) is 191 Å². The Morgan fingerprint density at radius 2 is 0.812 bits per heavy atom. The summed E-state index contributed by atoms with van der Waals surface area (Å²) in [6, 6.07) is 84.9. The number of fused-ring (bicyclic) bond motifs is 8. The molecule has 0 aliphatic carbocycles. The predicted molar refractivity (Wildman–Crippen MR) is 349 cm³/mol. The van der Waals surface area contributed by atoms with Crippen LogP contribution >= 0.6 is 0 Å². The molecular weight excluding hydrogens is 1440 g/mol. The standard InChI is InChI=1S/C39H31N4Si.C34H29N4Si.2Pt/c1-28-22-23-40-39(24-28)43-35-17-8-7-16-33(35)34-21-20-32(26-38(34)43)44(2,3)31-15-11-14-30(25-31)42-27-41(29-12-5-4-6-13-29)36-18-9-10-19-37(36)42;1-24-18-19-35-34(20-24)38-30-13-6-5-12-28(30)29-17-16-27(22-33(29)38)39(3,4)26-11-9-10-25(21-26)37-23-36(2)31-14-7-8-15-32(31)37;;/h4-24,27H,1-3H3;5-20,23H,1-4H3;;/q2*-1;;/i1D3;1D3,2D3;;. The van der Waals surface area contributed by atoms with Gasteiger partial charge in [-0.15, -0.1) is 35.0 Å². The van der Waals surface area contributed by atoms with Gasteiger partial charge >= 0.3 is 0 Å². The summed E-state index contributed by atoms with van der Waals surface area (Å²) in [6.45, 7) is 2.35. The molecule has 0 saturated heterocycles. The second-order valence-electron chi connectivity index (χ2n) is 22.0. The summed E-state index contributed by atoms with van der Waals surface area (Å²) in [7, 11) is -4.74. The fourth-order valence-corrected chi connectivity index (χ4v) is 16.0. The summed E-state index contributed by atoms with van der Waals surface area (Å²) >= 11 is 0. The Balaban J connectivity index is 0.000000177. The van der Waals surface area contributed by atoms with Gasteiger partial charge in [-0.1, -0.05) is 104 Å². The van der Waals surface area contributed by atoms with Gasteiger partial charge in [-0.25, -0.2) is 23.7 Å². The van der Waals surface area contributed by atoms with Crippen LogP contribution in [0.4, 0.5) is 0 Å². The molecule has 0 saturated carbocycles. The average Bonchev–Trinajstić information content (AvgIpc) is 1.50. The van der Waals surface area contributed by atoms with Crippen LogP contribution in [-0.2, 0) is 49.1 Å². The summed E-state index contributed by atoms with van der Waals surface area (Å²) in [5.74, 6) is 1.09. The summed E-state index contributed by atoms with van der Waals surface area (Å²) in [5.41, 5.74) is 10.6. The van der Waals surface area contributed by atoms with Crippen molar-refractivity contribution in [3.8, 4) is 28.7 Å². The van der Waals surface area contributed by atoms with Crippen molar-refractivity contribution >= 4 is 103 Å². The minimum atomic E-state index is -2.41. The minimum absolute atomic E-state index is 0. The molecule has 8 nitrogen and oxygen atoms in total. The SMILES string of the molecule is [2H]C([2H])([2H])c1ccnc(-n2c3[c-]c([Si](C)(C)c4[c-]c(-n5[cH+]n(-c6ccccc6)c6ccccc65)ccc4)ccc3c3ccccc32)c1.[2H]C([2H])([2H])c1ccnc(-n2c3[c-]c([Si](C)(C)c4[c-]c(-n5[cH+]n(C([2H])([2H])[2H])c6ccccc65)ccc4)ccc3c3ccccc32)c1.[Pt].[Pt]. The van der Waals surface area contributed by atoms with Crippen LogP contribution in [0.25, 0.3) is 94.4 Å². The van der Waals surface area contributed by atoms with E-state index in [1.807, 2.05) is 86.5 Å². The summed E-state index contributed by atoms with van der Waals surface area (Å²) in [6.07, 6.45) is 6.88. The Morgan fingerprint density at radius 1 is 0.388 bits per heavy atom. The number of hydrogen-bond acceptors (Lipinski definition) is 2. The van der Waals surface area contributed by atoms with Crippen LogP contribution in [0.2, 0.25) is 26.2 Å². The first kappa shape index (κ1) is 46.9. The number of hydrogen-bond donors (Lipinski definition) is 0. The number of benzene rings is 9. The maximum atomic E-state index is 8.05. The number of nitrogens with zero attached hydrogens (tertiary/aromatic N) is 8. The Labute approximate surface area is 539 Å². The number of pyridine rings is 2. The van der Waals surface area contributed by atoms with Crippen LogP contribution in [0.3, 0.4) is 0 Å². The van der Waals surface area contributed by atoms with E-state index in [4.69, 9.17) is 12.3 Å². The molecule has 0 N–H and O–H groups in total. The quantitative estimate of drug-likeness (QED) is 0.107. The van der Waals surface area contributed by atoms with E-state index in [0.29, 0.717) is 17.2 Å². The Bertz CT molecular complexity index is 5360. The van der Waals surface area contributed by atoms with Crippen LogP contribution in [0.1, 0.15) is 23.5 Å². The average molecular weight is 1500 g/mol. The molecule has 0 fully saturated rings. The molecule has 12 heteroatoms. The van der Waals surface area contributed by atoms with E-state index in [-0.39, 0.29) is 53.3 Å². The van der Waals surface area contributed by atoms with Crippen LogP contribution in [0, 0.1) is 38.0 Å². The molecular formula is C73H60N8Pt2Si2-2. The van der Waals surface area contributed by atoms with Gasteiger partial charge in [-0.3, -0.25) is 0 Å². The molecule has 6 aromatic heterocycles. The van der Waals surface area contributed by atoms with E-state index < -0.39 is 36.8 Å². The molecule has 0 amide bonds. The topological polar surface area (TPSA) is 55.4 Å². The second kappa shape index (κ2) is 22.9. The van der Waals surface area contributed by atoms with Crippen molar-refractivity contribution in [3.63, 3.8) is 0 Å². The Morgan fingerprint density at radius 3 is 1.31 bits per heavy atom. The second-order valence-corrected chi connectivity index (χ2v) is 30.6. The van der Waals surface area contributed by atoms with Gasteiger partial charge in [0, 0.05) is 121 Å². The van der Waals surface area contributed by atoms with E-state index in [0.717, 1.165) is 92.8 Å². The molecule has 0 radical (unpaired) electrons. The normalized spacial score (nSPS) is 13.8. The van der Waals surface area contributed by atoms with E-state index in [9.17, 15) is 0 Å². The third-order valence-electron chi connectivity index (χ3n) is 16.2. The summed E-state index contributed by atoms with van der Waals surface area (Å²) < 4.78 is 83.6. The zero-order valence-electron chi connectivity index (χ0n) is 55.7. The zero-order valence-corrected chi connectivity index (χ0v) is 53.3. The van der Waals surface area contributed by atoms with Crippen molar-refractivity contribution in [2.24, 2.45) is 6.98 Å². The number of rotatable bonds is 9. The van der Waals surface area contributed by atoms with Crippen molar-refractivity contribution < 1.29 is 54.5 Å². The van der Waals surface area contributed by atoms with Gasteiger partial charge in [0.05, 0.1) is 16.1 Å². The molecule has 0 spiro atoms. The monoisotopic (exact) mass is 1500 g/mol. The number of aromatic nitrogens is 8. The maximum absolute atomic E-state index is 8.05. The molecule has 6 heterocycles. The van der Waals surface area contributed by atoms with Crippen molar-refractivity contribution in [3.05, 3.63) is 273 Å². The van der Waals surface area contributed by atoms with E-state index >= 15 is 0 Å². The van der Waals surface area contributed by atoms with Gasteiger partial charge in [0.15, 0.2) is 34.7 Å². The summed E-state index contributed by atoms with van der Waals surface area (Å²) in [5, 5.41) is 8.56. The molecule has 0 aliphatic rings. The first-order valence-corrected chi connectivity index (χ1v) is 33.6. The van der Waals surface area contributed by atoms with Crippen molar-refractivity contribution in [2.75, 3.05) is 0 Å². The van der Waals surface area contributed by atoms with Gasteiger partial charge in [-0.2, -0.15) is 86.0 Å². The van der Waals surface area contributed by atoms with Crippen molar-refractivity contribution in [2.45, 2.75) is 39.9 Å². The largest absolute Gasteiger partial charge is 0.319 e.